The molecule has 4 nitrogen and oxygen atoms in total. The van der Waals surface area contributed by atoms with Crippen molar-refractivity contribution >= 4 is 22.9 Å². The van der Waals surface area contributed by atoms with E-state index in [1.54, 1.807) is 24.5 Å². The normalized spacial score (nSPS) is 12.1. The molecule has 0 spiro atoms. The summed E-state index contributed by atoms with van der Waals surface area (Å²) >= 11 is 1.58. The molecule has 0 saturated heterocycles. The Morgan fingerprint density at radius 3 is 2.65 bits per heavy atom. The fourth-order valence-corrected chi connectivity index (χ4v) is 1.96. The highest BCUT2D eigenvalue weighted by Gasteiger charge is 2.07. The number of aromatic nitrogens is 1. The molecule has 2 rings (SSSR count). The SMILES string of the molecule is CC(N)C(=O)Nc1ccc(-c2nccs2)cc1. The van der Waals surface area contributed by atoms with E-state index in [9.17, 15) is 4.79 Å². The summed E-state index contributed by atoms with van der Waals surface area (Å²) in [6, 6.07) is 7.04. The number of nitrogens with zero attached hydrogens (tertiary/aromatic N) is 1. The van der Waals surface area contributed by atoms with E-state index < -0.39 is 6.04 Å². The number of carbonyl (C=O) groups is 1. The summed E-state index contributed by atoms with van der Waals surface area (Å²) in [4.78, 5) is 15.6. The van der Waals surface area contributed by atoms with Crippen molar-refractivity contribution in [3.63, 3.8) is 0 Å². The number of benzene rings is 1. The van der Waals surface area contributed by atoms with Gasteiger partial charge in [0, 0.05) is 22.8 Å². The third-order valence-corrected chi connectivity index (χ3v) is 3.07. The van der Waals surface area contributed by atoms with Gasteiger partial charge in [0.15, 0.2) is 0 Å². The van der Waals surface area contributed by atoms with Gasteiger partial charge in [-0.25, -0.2) is 4.98 Å². The Kier molecular flexibility index (Phi) is 3.51. The van der Waals surface area contributed by atoms with E-state index in [4.69, 9.17) is 5.73 Å². The first kappa shape index (κ1) is 11.8. The van der Waals surface area contributed by atoms with Crippen molar-refractivity contribution in [2.75, 3.05) is 5.32 Å². The van der Waals surface area contributed by atoms with E-state index in [1.807, 2.05) is 29.6 Å². The highest BCUT2D eigenvalue weighted by Crippen LogP contribution is 2.23. The number of thiazole rings is 1. The molecule has 0 aliphatic heterocycles. The first-order valence-electron chi connectivity index (χ1n) is 5.23. The van der Waals surface area contributed by atoms with Gasteiger partial charge >= 0.3 is 0 Å². The Bertz CT molecular complexity index is 491. The van der Waals surface area contributed by atoms with E-state index in [0.29, 0.717) is 0 Å². The molecule has 0 aliphatic rings. The molecule has 88 valence electrons. The van der Waals surface area contributed by atoms with E-state index >= 15 is 0 Å². The largest absolute Gasteiger partial charge is 0.325 e. The Balaban J connectivity index is 2.11. The van der Waals surface area contributed by atoms with Crippen LogP contribution >= 0.6 is 11.3 Å². The van der Waals surface area contributed by atoms with Crippen molar-refractivity contribution in [3.8, 4) is 10.6 Å². The lowest BCUT2D eigenvalue weighted by molar-refractivity contribution is -0.117. The van der Waals surface area contributed by atoms with E-state index in [2.05, 4.69) is 10.3 Å². The number of carbonyl (C=O) groups excluding carboxylic acids is 1. The summed E-state index contributed by atoms with van der Waals surface area (Å²) in [5, 5.41) is 5.63. The van der Waals surface area contributed by atoms with Crippen LogP contribution in [0.3, 0.4) is 0 Å². The number of hydrogen-bond acceptors (Lipinski definition) is 4. The van der Waals surface area contributed by atoms with Crippen LogP contribution in [0.2, 0.25) is 0 Å². The molecule has 1 aromatic carbocycles. The zero-order chi connectivity index (χ0) is 12.3. The molecule has 0 saturated carbocycles. The first-order valence-corrected chi connectivity index (χ1v) is 6.11. The van der Waals surface area contributed by atoms with E-state index in [-0.39, 0.29) is 5.91 Å². The lowest BCUT2D eigenvalue weighted by Crippen LogP contribution is -2.32. The molecular weight excluding hydrogens is 234 g/mol. The second-order valence-corrected chi connectivity index (χ2v) is 4.59. The van der Waals surface area contributed by atoms with Gasteiger partial charge in [-0.2, -0.15) is 0 Å². The van der Waals surface area contributed by atoms with E-state index in [1.165, 1.54) is 0 Å². The minimum atomic E-state index is -0.506. The predicted octanol–water partition coefficient (Wildman–Crippen LogP) is 2.10. The van der Waals surface area contributed by atoms with Crippen LogP contribution in [0.15, 0.2) is 35.8 Å². The Hall–Kier alpha value is -1.72. The van der Waals surface area contributed by atoms with Gasteiger partial charge in [0.2, 0.25) is 5.91 Å². The Labute approximate surface area is 103 Å². The third kappa shape index (κ3) is 2.89. The zero-order valence-corrected chi connectivity index (χ0v) is 10.2. The number of amides is 1. The van der Waals surface area contributed by atoms with Crippen molar-refractivity contribution < 1.29 is 4.79 Å². The quantitative estimate of drug-likeness (QED) is 0.872. The maximum atomic E-state index is 11.4. The van der Waals surface area contributed by atoms with Crippen LogP contribution in [0.1, 0.15) is 6.92 Å². The molecule has 0 bridgehead atoms. The van der Waals surface area contributed by atoms with Gasteiger partial charge in [-0.3, -0.25) is 4.79 Å². The molecule has 1 atom stereocenters. The van der Waals surface area contributed by atoms with Crippen molar-refractivity contribution in [2.45, 2.75) is 13.0 Å². The number of nitrogens with two attached hydrogens (primary N) is 1. The molecular formula is C12H13N3OS. The van der Waals surface area contributed by atoms with Crippen molar-refractivity contribution in [2.24, 2.45) is 5.73 Å². The summed E-state index contributed by atoms with van der Waals surface area (Å²) in [5.41, 5.74) is 7.25. The number of hydrogen-bond donors (Lipinski definition) is 2. The smallest absolute Gasteiger partial charge is 0.240 e. The van der Waals surface area contributed by atoms with Crippen molar-refractivity contribution in [1.82, 2.24) is 4.98 Å². The number of anilines is 1. The maximum Gasteiger partial charge on any atom is 0.240 e. The summed E-state index contributed by atoms with van der Waals surface area (Å²) in [5.74, 6) is -0.188. The lowest BCUT2D eigenvalue weighted by Gasteiger charge is -2.07. The lowest BCUT2D eigenvalue weighted by atomic mass is 10.2. The maximum absolute atomic E-state index is 11.4. The summed E-state index contributed by atoms with van der Waals surface area (Å²) in [7, 11) is 0. The van der Waals surface area contributed by atoms with E-state index in [0.717, 1.165) is 16.3 Å². The standard InChI is InChI=1S/C12H13N3OS/c1-8(13)11(16)15-10-4-2-9(3-5-10)12-14-6-7-17-12/h2-8H,13H2,1H3,(H,15,16). The summed E-state index contributed by atoms with van der Waals surface area (Å²) < 4.78 is 0. The second kappa shape index (κ2) is 5.07. The van der Waals surface area contributed by atoms with Gasteiger partial charge in [0.05, 0.1) is 6.04 Å². The monoisotopic (exact) mass is 247 g/mol. The van der Waals surface area contributed by atoms with Crippen LogP contribution in [-0.2, 0) is 4.79 Å². The van der Waals surface area contributed by atoms with Crippen molar-refractivity contribution in [1.29, 1.82) is 0 Å². The summed E-state index contributed by atoms with van der Waals surface area (Å²) in [6.45, 7) is 1.65. The number of rotatable bonds is 3. The third-order valence-electron chi connectivity index (χ3n) is 2.25. The molecule has 1 amide bonds. The Morgan fingerprint density at radius 1 is 1.41 bits per heavy atom. The van der Waals surface area contributed by atoms with Crippen molar-refractivity contribution in [3.05, 3.63) is 35.8 Å². The minimum Gasteiger partial charge on any atom is -0.325 e. The van der Waals surface area contributed by atoms with Crippen LogP contribution in [-0.4, -0.2) is 16.9 Å². The molecule has 0 radical (unpaired) electrons. The highest BCUT2D eigenvalue weighted by molar-refractivity contribution is 7.13. The van der Waals surface area contributed by atoms with Gasteiger partial charge < -0.3 is 11.1 Å². The topological polar surface area (TPSA) is 68.0 Å². The average Bonchev–Trinajstić information content (AvgIpc) is 2.83. The zero-order valence-electron chi connectivity index (χ0n) is 9.38. The number of nitrogens with one attached hydrogen (secondary N) is 1. The van der Waals surface area contributed by atoms with Crippen LogP contribution < -0.4 is 11.1 Å². The average molecular weight is 247 g/mol. The van der Waals surface area contributed by atoms with Crippen LogP contribution in [0.5, 0.6) is 0 Å². The minimum absolute atomic E-state index is 0.188. The molecule has 3 N–H and O–H groups in total. The van der Waals surface area contributed by atoms with Gasteiger partial charge in [-0.1, -0.05) is 0 Å². The Morgan fingerprint density at radius 2 is 2.12 bits per heavy atom. The molecule has 2 aromatic rings. The van der Waals surface area contributed by atoms with Gasteiger partial charge in [0.1, 0.15) is 5.01 Å². The fraction of sp³-hybridized carbons (Fsp3) is 0.167. The molecule has 1 aromatic heterocycles. The van der Waals surface area contributed by atoms with Gasteiger partial charge in [0.25, 0.3) is 0 Å². The van der Waals surface area contributed by atoms with Gasteiger partial charge in [-0.05, 0) is 31.2 Å². The molecule has 1 unspecified atom stereocenters. The second-order valence-electron chi connectivity index (χ2n) is 3.69. The molecule has 1 heterocycles. The van der Waals surface area contributed by atoms with Crippen LogP contribution in [0.25, 0.3) is 10.6 Å². The highest BCUT2D eigenvalue weighted by atomic mass is 32.1. The molecule has 17 heavy (non-hydrogen) atoms. The molecule has 0 fully saturated rings. The molecule has 5 heteroatoms. The molecule has 0 aliphatic carbocycles. The summed E-state index contributed by atoms with van der Waals surface area (Å²) in [6.07, 6.45) is 1.77. The first-order chi connectivity index (χ1) is 8.16. The predicted molar refractivity (Wildman–Crippen MR) is 69.8 cm³/mol. The fourth-order valence-electron chi connectivity index (χ4n) is 1.32. The van der Waals surface area contributed by atoms with Crippen LogP contribution in [0.4, 0.5) is 5.69 Å². The van der Waals surface area contributed by atoms with Gasteiger partial charge in [-0.15, -0.1) is 11.3 Å². The van der Waals surface area contributed by atoms with Crippen LogP contribution in [0, 0.1) is 0 Å².